The van der Waals surface area contributed by atoms with Gasteiger partial charge in [0, 0.05) is 11.8 Å². The van der Waals surface area contributed by atoms with E-state index in [0.717, 1.165) is 19.3 Å². The van der Waals surface area contributed by atoms with Gasteiger partial charge in [-0.1, -0.05) is 64.8 Å². The minimum Gasteiger partial charge on any atom is -0.393 e. The first-order chi connectivity index (χ1) is 14.8. The molecular formula is C29H48O3. The van der Waals surface area contributed by atoms with E-state index in [-0.39, 0.29) is 10.8 Å². The first-order valence-electron chi connectivity index (χ1n) is 13.3. The lowest BCUT2D eigenvalue weighted by Crippen LogP contribution is -2.65. The molecule has 3 heteroatoms. The monoisotopic (exact) mass is 444 g/mol. The number of hydrogen-bond donors (Lipinski definition) is 3. The van der Waals surface area contributed by atoms with E-state index in [4.69, 9.17) is 0 Å². The second-order valence-corrected chi connectivity index (χ2v) is 13.0. The molecule has 0 heterocycles. The third-order valence-electron chi connectivity index (χ3n) is 11.2. The molecule has 4 rings (SSSR count). The fraction of sp³-hybridized carbons (Fsp3) is 0.862. The molecule has 0 bridgehead atoms. The van der Waals surface area contributed by atoms with Crippen LogP contribution in [0.1, 0.15) is 93.4 Å². The first kappa shape index (κ1) is 24.5. The predicted molar refractivity (Wildman–Crippen MR) is 131 cm³/mol. The molecule has 3 nitrogen and oxygen atoms in total. The highest BCUT2D eigenvalue weighted by Gasteiger charge is 2.64. The lowest BCUT2D eigenvalue weighted by Gasteiger charge is -2.62. The Morgan fingerprint density at radius 3 is 2.34 bits per heavy atom. The molecule has 0 aromatic carbocycles. The highest BCUT2D eigenvalue weighted by atomic mass is 16.3. The van der Waals surface area contributed by atoms with Crippen LogP contribution < -0.4 is 0 Å². The summed E-state index contributed by atoms with van der Waals surface area (Å²) in [6.45, 7) is 16.4. The molecule has 0 spiro atoms. The molecule has 32 heavy (non-hydrogen) atoms. The highest BCUT2D eigenvalue weighted by Crippen LogP contribution is 2.67. The maximum Gasteiger partial charge on any atom is 0.102 e. The van der Waals surface area contributed by atoms with Gasteiger partial charge in [-0.15, -0.1) is 0 Å². The molecule has 4 aliphatic carbocycles. The largest absolute Gasteiger partial charge is 0.393 e. The molecule has 3 saturated carbocycles. The van der Waals surface area contributed by atoms with Gasteiger partial charge in [-0.3, -0.25) is 0 Å². The molecule has 0 aliphatic heterocycles. The van der Waals surface area contributed by atoms with Gasteiger partial charge in [-0.2, -0.15) is 0 Å². The molecule has 0 radical (unpaired) electrons. The Balaban J connectivity index is 1.63. The highest BCUT2D eigenvalue weighted by molar-refractivity contribution is 5.33. The smallest absolute Gasteiger partial charge is 0.102 e. The summed E-state index contributed by atoms with van der Waals surface area (Å²) in [5.74, 6) is 3.36. The van der Waals surface area contributed by atoms with Crippen molar-refractivity contribution < 1.29 is 15.3 Å². The van der Waals surface area contributed by atoms with Gasteiger partial charge in [-0.05, 0) is 86.4 Å². The molecule has 0 amide bonds. The van der Waals surface area contributed by atoms with Crippen LogP contribution >= 0.6 is 0 Å². The van der Waals surface area contributed by atoms with Gasteiger partial charge in [0.1, 0.15) is 11.7 Å². The summed E-state index contributed by atoms with van der Waals surface area (Å²) in [6.07, 6.45) is 9.77. The molecule has 0 aromatic rings. The third-order valence-corrected chi connectivity index (χ3v) is 11.2. The van der Waals surface area contributed by atoms with Crippen LogP contribution in [0.25, 0.3) is 0 Å². The minimum absolute atomic E-state index is 0.263. The van der Waals surface area contributed by atoms with Crippen LogP contribution in [0.3, 0.4) is 0 Å². The Labute approximate surface area is 196 Å². The number of allylic oxidation sites excluding steroid dienone is 3. The van der Waals surface area contributed by atoms with Crippen LogP contribution in [0.4, 0.5) is 0 Å². The molecule has 0 saturated heterocycles. The van der Waals surface area contributed by atoms with Crippen LogP contribution in [-0.4, -0.2) is 33.1 Å². The van der Waals surface area contributed by atoms with Gasteiger partial charge in [0.15, 0.2) is 0 Å². The predicted octanol–water partition coefficient (Wildman–Crippen LogP) is 5.89. The summed E-state index contributed by atoms with van der Waals surface area (Å²) in [6, 6.07) is 0. The van der Waals surface area contributed by atoms with Crippen LogP contribution in [0.2, 0.25) is 0 Å². The molecule has 10 atom stereocenters. The van der Waals surface area contributed by atoms with E-state index in [9.17, 15) is 15.3 Å². The molecule has 182 valence electrons. The lowest BCUT2D eigenvalue weighted by atomic mass is 9.45. The van der Waals surface area contributed by atoms with Gasteiger partial charge in [0.25, 0.3) is 0 Å². The normalized spacial score (nSPS) is 48.5. The van der Waals surface area contributed by atoms with E-state index >= 15 is 0 Å². The van der Waals surface area contributed by atoms with Crippen molar-refractivity contribution in [2.75, 3.05) is 0 Å². The number of aliphatic hydroxyl groups excluding tert-OH is 2. The molecule has 4 aliphatic rings. The fourth-order valence-corrected chi connectivity index (χ4v) is 8.66. The average Bonchev–Trinajstić information content (AvgIpc) is 3.07. The maximum absolute atomic E-state index is 11.6. The summed E-state index contributed by atoms with van der Waals surface area (Å²) in [5, 5.41) is 33.0. The molecule has 3 unspecified atom stereocenters. The lowest BCUT2D eigenvalue weighted by molar-refractivity contribution is -0.210. The van der Waals surface area contributed by atoms with E-state index in [2.05, 4.69) is 54.5 Å². The summed E-state index contributed by atoms with van der Waals surface area (Å²) >= 11 is 0. The Bertz CT molecular complexity index is 783. The van der Waals surface area contributed by atoms with Crippen molar-refractivity contribution in [1.82, 2.24) is 0 Å². The summed E-state index contributed by atoms with van der Waals surface area (Å²) in [5.41, 5.74) is 1.67. The summed E-state index contributed by atoms with van der Waals surface area (Å²) in [7, 11) is 0. The van der Waals surface area contributed by atoms with Crippen LogP contribution in [0.15, 0.2) is 23.3 Å². The van der Waals surface area contributed by atoms with Crippen molar-refractivity contribution in [2.45, 2.75) is 111 Å². The zero-order valence-electron chi connectivity index (χ0n) is 21.6. The van der Waals surface area contributed by atoms with Crippen molar-refractivity contribution in [3.63, 3.8) is 0 Å². The SMILES string of the molecule is C/C(=C\[C@@H](C)[C@H]1CC[C@H]2C3=CC(O)C4(O)CC(O)CC[C@]4(C)[C@H]3CC[C@]12C)[C@H](C)C(C)C. The van der Waals surface area contributed by atoms with Gasteiger partial charge >= 0.3 is 0 Å². The number of hydrogen-bond acceptors (Lipinski definition) is 3. The first-order valence-corrected chi connectivity index (χ1v) is 13.3. The van der Waals surface area contributed by atoms with Crippen molar-refractivity contribution >= 4 is 0 Å². The van der Waals surface area contributed by atoms with E-state index in [1.807, 2.05) is 6.08 Å². The Kier molecular flexibility index (Phi) is 6.30. The maximum atomic E-state index is 11.6. The Hall–Kier alpha value is -0.640. The molecule has 3 fully saturated rings. The van der Waals surface area contributed by atoms with E-state index in [0.29, 0.717) is 41.9 Å². The van der Waals surface area contributed by atoms with Crippen LogP contribution in [0, 0.1) is 46.3 Å². The van der Waals surface area contributed by atoms with E-state index < -0.39 is 17.8 Å². The number of aliphatic hydroxyl groups is 3. The van der Waals surface area contributed by atoms with Gasteiger partial charge in [0.2, 0.25) is 0 Å². The zero-order chi connectivity index (χ0) is 23.6. The van der Waals surface area contributed by atoms with Crippen molar-refractivity contribution in [3.8, 4) is 0 Å². The zero-order valence-corrected chi connectivity index (χ0v) is 21.6. The summed E-state index contributed by atoms with van der Waals surface area (Å²) in [4.78, 5) is 0. The topological polar surface area (TPSA) is 60.7 Å². The third kappa shape index (κ3) is 3.48. The van der Waals surface area contributed by atoms with E-state index in [1.54, 1.807) is 0 Å². The second kappa shape index (κ2) is 8.24. The summed E-state index contributed by atoms with van der Waals surface area (Å²) < 4.78 is 0. The molecule has 3 N–H and O–H groups in total. The van der Waals surface area contributed by atoms with Crippen molar-refractivity contribution in [3.05, 3.63) is 23.3 Å². The number of fused-ring (bicyclic) bond motifs is 5. The Morgan fingerprint density at radius 2 is 1.69 bits per heavy atom. The molecular weight excluding hydrogens is 396 g/mol. The fourth-order valence-electron chi connectivity index (χ4n) is 8.66. The molecule has 0 aromatic heterocycles. The second-order valence-electron chi connectivity index (χ2n) is 13.0. The number of rotatable bonds is 4. The average molecular weight is 445 g/mol. The quantitative estimate of drug-likeness (QED) is 0.474. The van der Waals surface area contributed by atoms with Crippen molar-refractivity contribution in [1.29, 1.82) is 0 Å². The van der Waals surface area contributed by atoms with Gasteiger partial charge < -0.3 is 15.3 Å². The van der Waals surface area contributed by atoms with Crippen molar-refractivity contribution in [2.24, 2.45) is 46.3 Å². The standard InChI is InChI=1S/C29H48O3/c1-17(2)20(5)18(3)14-19(4)23-8-9-24-22-15-26(31)29(32)16-21(30)10-13-28(29,7)25(22)11-12-27(23,24)6/h14-15,17,19-21,23-26,30-32H,8-13,16H2,1-7H3/b18-14+/t19-,20-,21?,23-,24+,25+,26?,27-,28-,29?/m1/s1. The minimum atomic E-state index is -1.20. The van der Waals surface area contributed by atoms with Gasteiger partial charge in [0.05, 0.1) is 6.10 Å². The van der Waals surface area contributed by atoms with Crippen LogP contribution in [-0.2, 0) is 0 Å². The van der Waals surface area contributed by atoms with E-state index in [1.165, 1.54) is 30.4 Å². The van der Waals surface area contributed by atoms with Crippen LogP contribution in [0.5, 0.6) is 0 Å². The Morgan fingerprint density at radius 1 is 1.00 bits per heavy atom. The van der Waals surface area contributed by atoms with Gasteiger partial charge in [-0.25, -0.2) is 0 Å².